The summed E-state index contributed by atoms with van der Waals surface area (Å²) in [5, 5.41) is 11.2. The lowest BCUT2D eigenvalue weighted by atomic mass is 9.98. The Labute approximate surface area is 199 Å². The standard InChI is InChI=1S/C24H20FN7OS/c1-15-20(22(33)29-17-8-6-11-26-13-17)21(19-10-4-5-12-27-19)32-23(28-15)30-24(31-32)34-14-16-7-2-3-9-18(16)25/h2-13,21H,14H2,1H3,(H,29,33)(H,28,30,31). The Morgan fingerprint density at radius 3 is 2.76 bits per heavy atom. The largest absolute Gasteiger partial charge is 0.328 e. The van der Waals surface area contributed by atoms with E-state index in [0.717, 1.165) is 0 Å². The molecule has 0 spiro atoms. The van der Waals surface area contributed by atoms with Crippen LogP contribution in [-0.2, 0) is 10.5 Å². The molecule has 0 aliphatic carbocycles. The third-order valence-corrected chi connectivity index (χ3v) is 6.17. The monoisotopic (exact) mass is 473 g/mol. The number of nitrogens with one attached hydrogen (secondary N) is 2. The molecule has 34 heavy (non-hydrogen) atoms. The molecule has 5 rings (SSSR count). The number of amides is 1. The van der Waals surface area contributed by atoms with Gasteiger partial charge in [-0.3, -0.25) is 14.8 Å². The summed E-state index contributed by atoms with van der Waals surface area (Å²) in [5.74, 6) is 0.304. The molecule has 1 aromatic carbocycles. The number of thioether (sulfide) groups is 1. The summed E-state index contributed by atoms with van der Waals surface area (Å²) in [6.07, 6.45) is 4.90. The van der Waals surface area contributed by atoms with Gasteiger partial charge in [-0.05, 0) is 42.8 Å². The Morgan fingerprint density at radius 2 is 2.00 bits per heavy atom. The minimum atomic E-state index is -0.593. The third-order valence-electron chi connectivity index (χ3n) is 5.28. The number of rotatable bonds is 6. The molecule has 0 saturated carbocycles. The third kappa shape index (κ3) is 4.40. The Bertz CT molecular complexity index is 1360. The summed E-state index contributed by atoms with van der Waals surface area (Å²) in [7, 11) is 0. The number of carbonyl (C=O) groups is 1. The van der Waals surface area contributed by atoms with E-state index in [2.05, 4.69) is 30.7 Å². The van der Waals surface area contributed by atoms with Gasteiger partial charge in [0, 0.05) is 23.8 Å². The van der Waals surface area contributed by atoms with Gasteiger partial charge >= 0.3 is 0 Å². The number of pyridine rings is 2. The molecule has 4 heterocycles. The van der Waals surface area contributed by atoms with Crippen LogP contribution in [0.1, 0.15) is 24.2 Å². The van der Waals surface area contributed by atoms with Gasteiger partial charge in [-0.1, -0.05) is 36.0 Å². The molecule has 0 saturated heterocycles. The van der Waals surface area contributed by atoms with Gasteiger partial charge in [0.05, 0.1) is 23.2 Å². The van der Waals surface area contributed by atoms with E-state index in [1.165, 1.54) is 17.8 Å². The number of anilines is 2. The molecule has 0 bridgehead atoms. The second-order valence-electron chi connectivity index (χ2n) is 7.56. The zero-order valence-electron chi connectivity index (χ0n) is 18.1. The van der Waals surface area contributed by atoms with Crippen LogP contribution in [0.25, 0.3) is 0 Å². The molecule has 1 amide bonds. The molecule has 0 radical (unpaired) electrons. The van der Waals surface area contributed by atoms with E-state index in [0.29, 0.717) is 45.1 Å². The first-order chi connectivity index (χ1) is 16.6. The highest BCUT2D eigenvalue weighted by Gasteiger charge is 2.35. The summed E-state index contributed by atoms with van der Waals surface area (Å²) < 4.78 is 15.7. The molecule has 1 atom stereocenters. The first-order valence-corrected chi connectivity index (χ1v) is 11.5. The van der Waals surface area contributed by atoms with Gasteiger partial charge < -0.3 is 10.6 Å². The van der Waals surface area contributed by atoms with E-state index in [-0.39, 0.29) is 11.7 Å². The van der Waals surface area contributed by atoms with E-state index in [4.69, 9.17) is 0 Å². The molecular formula is C24H20FN7OS. The number of hydrogen-bond donors (Lipinski definition) is 2. The molecule has 0 fully saturated rings. The normalized spacial score (nSPS) is 14.9. The molecule has 170 valence electrons. The van der Waals surface area contributed by atoms with Crippen molar-refractivity contribution in [1.29, 1.82) is 0 Å². The quantitative estimate of drug-likeness (QED) is 0.400. The number of aromatic nitrogens is 5. The van der Waals surface area contributed by atoms with Crippen LogP contribution in [0.2, 0.25) is 0 Å². The minimum absolute atomic E-state index is 0.268. The van der Waals surface area contributed by atoms with E-state index in [9.17, 15) is 9.18 Å². The number of benzene rings is 1. The highest BCUT2D eigenvalue weighted by Crippen LogP contribution is 2.36. The van der Waals surface area contributed by atoms with Crippen molar-refractivity contribution >= 4 is 29.3 Å². The van der Waals surface area contributed by atoms with Crippen molar-refractivity contribution in [2.24, 2.45) is 0 Å². The van der Waals surface area contributed by atoms with Crippen molar-refractivity contribution in [3.8, 4) is 0 Å². The number of nitrogens with zero attached hydrogens (tertiary/aromatic N) is 5. The van der Waals surface area contributed by atoms with Crippen LogP contribution in [-0.4, -0.2) is 30.6 Å². The van der Waals surface area contributed by atoms with Crippen molar-refractivity contribution in [2.75, 3.05) is 10.6 Å². The van der Waals surface area contributed by atoms with Crippen LogP contribution < -0.4 is 10.6 Å². The van der Waals surface area contributed by atoms with Gasteiger partial charge in [-0.25, -0.2) is 9.07 Å². The average Bonchev–Trinajstić information content (AvgIpc) is 3.26. The van der Waals surface area contributed by atoms with Crippen molar-refractivity contribution in [3.63, 3.8) is 0 Å². The van der Waals surface area contributed by atoms with Gasteiger partial charge in [0.2, 0.25) is 11.1 Å². The molecule has 10 heteroatoms. The fraction of sp³-hybridized carbons (Fsp3) is 0.125. The van der Waals surface area contributed by atoms with Gasteiger partial charge in [0.25, 0.3) is 5.91 Å². The van der Waals surface area contributed by atoms with Crippen molar-refractivity contribution in [3.05, 3.63) is 102 Å². The highest BCUT2D eigenvalue weighted by molar-refractivity contribution is 7.98. The average molecular weight is 474 g/mol. The number of allylic oxidation sites excluding steroid dienone is 1. The lowest BCUT2D eigenvalue weighted by molar-refractivity contribution is -0.113. The maximum absolute atomic E-state index is 14.0. The van der Waals surface area contributed by atoms with E-state index in [1.54, 1.807) is 53.6 Å². The van der Waals surface area contributed by atoms with Crippen molar-refractivity contribution in [2.45, 2.75) is 23.9 Å². The highest BCUT2D eigenvalue weighted by atomic mass is 32.2. The number of halogens is 1. The fourth-order valence-electron chi connectivity index (χ4n) is 3.69. The SMILES string of the molecule is CC1=C(C(=O)Nc2cccnc2)C(c2ccccn2)n2nc(SCc3ccccc3F)nc2N1. The lowest BCUT2D eigenvalue weighted by Crippen LogP contribution is -2.32. The molecule has 8 nitrogen and oxygen atoms in total. The molecule has 1 aliphatic heterocycles. The molecule has 1 unspecified atom stereocenters. The number of hydrogen-bond acceptors (Lipinski definition) is 7. The molecule has 4 aromatic rings. The van der Waals surface area contributed by atoms with Gasteiger partial charge in [-0.2, -0.15) is 4.98 Å². The topological polar surface area (TPSA) is 97.6 Å². The smallest absolute Gasteiger partial charge is 0.255 e. The van der Waals surface area contributed by atoms with E-state index < -0.39 is 6.04 Å². The van der Waals surface area contributed by atoms with Gasteiger partial charge in [0.1, 0.15) is 11.9 Å². The van der Waals surface area contributed by atoms with Gasteiger partial charge in [-0.15, -0.1) is 5.10 Å². The summed E-state index contributed by atoms with van der Waals surface area (Å²) >= 11 is 1.32. The summed E-state index contributed by atoms with van der Waals surface area (Å²) in [5.41, 5.74) is 2.91. The lowest BCUT2D eigenvalue weighted by Gasteiger charge is -2.27. The number of fused-ring (bicyclic) bond motifs is 1. The van der Waals surface area contributed by atoms with E-state index >= 15 is 0 Å². The molecule has 3 aromatic heterocycles. The summed E-state index contributed by atoms with van der Waals surface area (Å²) in [4.78, 5) is 26.5. The van der Waals surface area contributed by atoms with Crippen LogP contribution >= 0.6 is 11.8 Å². The Hall–Kier alpha value is -4.05. The predicted octanol–water partition coefficient (Wildman–Crippen LogP) is 4.43. The minimum Gasteiger partial charge on any atom is -0.328 e. The first kappa shape index (κ1) is 21.8. The zero-order chi connectivity index (χ0) is 23.5. The predicted molar refractivity (Wildman–Crippen MR) is 128 cm³/mol. The number of carbonyl (C=O) groups excluding carboxylic acids is 1. The van der Waals surface area contributed by atoms with Crippen LogP contribution in [0.5, 0.6) is 0 Å². The first-order valence-electron chi connectivity index (χ1n) is 10.5. The second-order valence-corrected chi connectivity index (χ2v) is 8.50. The second kappa shape index (κ2) is 9.44. The molecular weight excluding hydrogens is 453 g/mol. The molecule has 2 N–H and O–H groups in total. The maximum Gasteiger partial charge on any atom is 0.255 e. The van der Waals surface area contributed by atoms with Crippen LogP contribution in [0.15, 0.2) is 89.6 Å². The van der Waals surface area contributed by atoms with E-state index in [1.807, 2.05) is 25.1 Å². The Morgan fingerprint density at radius 1 is 1.15 bits per heavy atom. The Kier molecular flexibility index (Phi) is 6.05. The summed E-state index contributed by atoms with van der Waals surface area (Å²) in [6, 6.07) is 15.1. The van der Waals surface area contributed by atoms with Gasteiger partial charge in [0.15, 0.2) is 0 Å². The summed E-state index contributed by atoms with van der Waals surface area (Å²) in [6.45, 7) is 1.82. The van der Waals surface area contributed by atoms with Crippen LogP contribution in [0.4, 0.5) is 16.0 Å². The fourth-order valence-corrected chi connectivity index (χ4v) is 4.51. The Balaban J connectivity index is 1.48. The van der Waals surface area contributed by atoms with Crippen LogP contribution in [0, 0.1) is 5.82 Å². The van der Waals surface area contributed by atoms with Crippen LogP contribution in [0.3, 0.4) is 0 Å². The van der Waals surface area contributed by atoms with Crippen molar-refractivity contribution < 1.29 is 9.18 Å². The molecule has 1 aliphatic rings. The zero-order valence-corrected chi connectivity index (χ0v) is 19.0. The maximum atomic E-state index is 14.0. The van der Waals surface area contributed by atoms with Crippen molar-refractivity contribution in [1.82, 2.24) is 24.7 Å².